The van der Waals surface area contributed by atoms with E-state index in [1.807, 2.05) is 32.4 Å². The Morgan fingerprint density at radius 3 is 2.65 bits per heavy atom. The Bertz CT molecular complexity index is 633. The molecule has 0 unspecified atom stereocenters. The van der Waals surface area contributed by atoms with Gasteiger partial charge >= 0.3 is 0 Å². The van der Waals surface area contributed by atoms with E-state index in [0.717, 1.165) is 49.6 Å². The Kier molecular flexibility index (Phi) is 5.28. The zero-order valence-corrected chi connectivity index (χ0v) is 14.7. The van der Waals surface area contributed by atoms with Crippen molar-refractivity contribution in [2.24, 2.45) is 5.92 Å². The van der Waals surface area contributed by atoms with Gasteiger partial charge in [-0.1, -0.05) is 18.2 Å². The summed E-state index contributed by atoms with van der Waals surface area (Å²) in [6.45, 7) is 3.17. The molecule has 1 aromatic heterocycles. The van der Waals surface area contributed by atoms with Crippen LogP contribution in [0.3, 0.4) is 0 Å². The molecule has 124 valence electrons. The molecule has 0 N–H and O–H groups in total. The van der Waals surface area contributed by atoms with Crippen molar-refractivity contribution < 1.29 is 4.39 Å². The van der Waals surface area contributed by atoms with Gasteiger partial charge in [-0.05, 0) is 49.9 Å². The lowest BCUT2D eigenvalue weighted by Gasteiger charge is -2.31. The summed E-state index contributed by atoms with van der Waals surface area (Å²) in [5.41, 5.74) is 0.865. The van der Waals surface area contributed by atoms with E-state index in [1.165, 1.54) is 4.88 Å². The molecule has 0 radical (unpaired) electrons. The van der Waals surface area contributed by atoms with E-state index in [0.29, 0.717) is 5.92 Å². The average Bonchev–Trinajstić information content (AvgIpc) is 3.00. The smallest absolute Gasteiger partial charge is 0.185 e. The van der Waals surface area contributed by atoms with Crippen LogP contribution in [0.1, 0.15) is 23.3 Å². The van der Waals surface area contributed by atoms with Crippen LogP contribution in [0.4, 0.5) is 9.52 Å². The first-order valence-electron chi connectivity index (χ1n) is 8.19. The zero-order valence-electron chi connectivity index (χ0n) is 13.8. The van der Waals surface area contributed by atoms with Crippen molar-refractivity contribution in [3.05, 3.63) is 46.7 Å². The third-order valence-corrected chi connectivity index (χ3v) is 5.63. The van der Waals surface area contributed by atoms with Crippen molar-refractivity contribution >= 4 is 16.5 Å². The lowest BCUT2D eigenvalue weighted by Crippen LogP contribution is -2.33. The number of hydrogen-bond donors (Lipinski definition) is 0. The summed E-state index contributed by atoms with van der Waals surface area (Å²) < 4.78 is 13.8. The van der Waals surface area contributed by atoms with Crippen molar-refractivity contribution in [3.8, 4) is 0 Å². The summed E-state index contributed by atoms with van der Waals surface area (Å²) in [6.07, 6.45) is 5.15. The number of aromatic nitrogens is 1. The molecule has 0 amide bonds. The molecule has 0 saturated carbocycles. The molecule has 1 aliphatic rings. The number of benzene rings is 1. The Labute approximate surface area is 141 Å². The predicted molar refractivity (Wildman–Crippen MR) is 94.5 cm³/mol. The van der Waals surface area contributed by atoms with Gasteiger partial charge in [-0.3, -0.25) is 4.90 Å². The highest BCUT2D eigenvalue weighted by atomic mass is 32.1. The maximum atomic E-state index is 13.8. The van der Waals surface area contributed by atoms with Crippen LogP contribution in [0.5, 0.6) is 0 Å². The molecule has 1 aliphatic heterocycles. The number of halogens is 1. The fraction of sp³-hybridized carbons (Fsp3) is 0.500. The number of nitrogens with zero attached hydrogens (tertiary/aromatic N) is 3. The molecule has 2 heterocycles. The standard InChI is InChI=1S/C18H24FN3S/c1-21(2)18-20-12-16(23-18)13-22-9-7-14(8-10-22)11-15-5-3-4-6-17(15)19/h3-6,12,14H,7-11,13H2,1-2H3. The largest absolute Gasteiger partial charge is 0.354 e. The van der Waals surface area contributed by atoms with E-state index in [-0.39, 0.29) is 5.82 Å². The zero-order chi connectivity index (χ0) is 16.2. The molecular weight excluding hydrogens is 309 g/mol. The summed E-state index contributed by atoms with van der Waals surface area (Å²) in [4.78, 5) is 10.3. The average molecular weight is 333 g/mol. The van der Waals surface area contributed by atoms with Crippen LogP contribution in [0.2, 0.25) is 0 Å². The minimum absolute atomic E-state index is 0.0594. The van der Waals surface area contributed by atoms with Gasteiger partial charge in [0.05, 0.1) is 0 Å². The number of likely N-dealkylation sites (tertiary alicyclic amines) is 1. The van der Waals surface area contributed by atoms with Crippen molar-refractivity contribution in [2.75, 3.05) is 32.1 Å². The van der Waals surface area contributed by atoms with Crippen molar-refractivity contribution in [3.63, 3.8) is 0 Å². The van der Waals surface area contributed by atoms with E-state index in [4.69, 9.17) is 0 Å². The predicted octanol–water partition coefficient (Wildman–Crippen LogP) is 3.80. The third kappa shape index (κ3) is 4.30. The van der Waals surface area contributed by atoms with Crippen LogP contribution in [0.15, 0.2) is 30.5 Å². The summed E-state index contributed by atoms with van der Waals surface area (Å²) in [6, 6.07) is 7.18. The molecule has 5 heteroatoms. The first-order chi connectivity index (χ1) is 11.1. The lowest BCUT2D eigenvalue weighted by molar-refractivity contribution is 0.177. The van der Waals surface area contributed by atoms with Crippen molar-refractivity contribution in [2.45, 2.75) is 25.8 Å². The van der Waals surface area contributed by atoms with Gasteiger partial charge in [-0.25, -0.2) is 9.37 Å². The summed E-state index contributed by atoms with van der Waals surface area (Å²) in [7, 11) is 4.05. The molecule has 0 bridgehead atoms. The molecule has 1 aromatic carbocycles. The van der Waals surface area contributed by atoms with E-state index >= 15 is 0 Å². The van der Waals surface area contributed by atoms with Gasteiger partial charge in [-0.2, -0.15) is 0 Å². The van der Waals surface area contributed by atoms with Gasteiger partial charge in [0.2, 0.25) is 0 Å². The lowest BCUT2D eigenvalue weighted by atomic mass is 9.90. The second-order valence-corrected chi connectivity index (χ2v) is 7.61. The fourth-order valence-corrected chi connectivity index (χ4v) is 4.00. The summed E-state index contributed by atoms with van der Waals surface area (Å²) in [5.74, 6) is 0.540. The molecule has 23 heavy (non-hydrogen) atoms. The van der Waals surface area contributed by atoms with Crippen molar-refractivity contribution in [1.82, 2.24) is 9.88 Å². The minimum Gasteiger partial charge on any atom is -0.354 e. The SMILES string of the molecule is CN(C)c1ncc(CN2CCC(Cc3ccccc3F)CC2)s1. The first kappa shape index (κ1) is 16.4. The van der Waals surface area contributed by atoms with Gasteiger partial charge < -0.3 is 4.90 Å². The van der Waals surface area contributed by atoms with Gasteiger partial charge in [0.1, 0.15) is 5.82 Å². The van der Waals surface area contributed by atoms with Crippen LogP contribution in [-0.2, 0) is 13.0 Å². The number of hydrogen-bond acceptors (Lipinski definition) is 4. The van der Waals surface area contributed by atoms with Gasteiger partial charge in [0, 0.05) is 31.7 Å². The quantitative estimate of drug-likeness (QED) is 0.829. The van der Waals surface area contributed by atoms with Crippen LogP contribution in [0, 0.1) is 11.7 Å². The van der Waals surface area contributed by atoms with E-state index < -0.39 is 0 Å². The molecule has 3 rings (SSSR count). The molecule has 1 fully saturated rings. The number of piperidine rings is 1. The normalized spacial score (nSPS) is 16.7. The molecule has 0 atom stereocenters. The highest BCUT2D eigenvalue weighted by Gasteiger charge is 2.21. The van der Waals surface area contributed by atoms with Crippen molar-refractivity contribution in [1.29, 1.82) is 0 Å². The van der Waals surface area contributed by atoms with Crippen LogP contribution in [0.25, 0.3) is 0 Å². The molecule has 3 nitrogen and oxygen atoms in total. The molecular formula is C18H24FN3S. The first-order valence-corrected chi connectivity index (χ1v) is 9.01. The highest BCUT2D eigenvalue weighted by molar-refractivity contribution is 7.15. The van der Waals surface area contributed by atoms with E-state index in [2.05, 4.69) is 14.8 Å². The monoisotopic (exact) mass is 333 g/mol. The van der Waals surface area contributed by atoms with E-state index in [1.54, 1.807) is 23.5 Å². The van der Waals surface area contributed by atoms with Crippen LogP contribution < -0.4 is 4.90 Å². The van der Waals surface area contributed by atoms with Gasteiger partial charge in [-0.15, -0.1) is 11.3 Å². The molecule has 0 aliphatic carbocycles. The van der Waals surface area contributed by atoms with E-state index in [9.17, 15) is 4.39 Å². The second kappa shape index (κ2) is 7.41. The third-order valence-electron chi connectivity index (χ3n) is 4.48. The maximum Gasteiger partial charge on any atom is 0.185 e. The fourth-order valence-electron chi connectivity index (χ4n) is 3.12. The van der Waals surface area contributed by atoms with Crippen LogP contribution in [-0.4, -0.2) is 37.1 Å². The summed E-state index contributed by atoms with van der Waals surface area (Å²) >= 11 is 1.76. The Morgan fingerprint density at radius 2 is 2.00 bits per heavy atom. The maximum absolute atomic E-state index is 13.8. The number of thiazole rings is 1. The Morgan fingerprint density at radius 1 is 1.26 bits per heavy atom. The Balaban J connectivity index is 1.49. The van der Waals surface area contributed by atoms with Gasteiger partial charge in [0.15, 0.2) is 5.13 Å². The second-order valence-electron chi connectivity index (χ2n) is 6.52. The topological polar surface area (TPSA) is 19.4 Å². The highest BCUT2D eigenvalue weighted by Crippen LogP contribution is 2.26. The molecule has 2 aromatic rings. The molecule has 1 saturated heterocycles. The Hall–Kier alpha value is -1.46. The minimum atomic E-state index is -0.0594. The number of rotatable bonds is 5. The van der Waals surface area contributed by atoms with Crippen LogP contribution >= 0.6 is 11.3 Å². The summed E-state index contributed by atoms with van der Waals surface area (Å²) in [5, 5.41) is 1.06. The molecule has 0 spiro atoms. The number of anilines is 1. The van der Waals surface area contributed by atoms with Gasteiger partial charge in [0.25, 0.3) is 0 Å².